The second-order valence-corrected chi connectivity index (χ2v) is 10.1. The SMILES string of the molecule is CC(C)(C)OC(=O)Nc1cncc(-c2cc(N(C(=O)OC(C)(C)C)c3cccc(Cl)c3)ncn2)c1. The molecule has 10 heteroatoms. The molecule has 0 fully saturated rings. The molecule has 3 rings (SSSR count). The summed E-state index contributed by atoms with van der Waals surface area (Å²) in [6, 6.07) is 10.1. The summed E-state index contributed by atoms with van der Waals surface area (Å²) in [4.78, 5) is 39.4. The van der Waals surface area contributed by atoms with E-state index in [1.54, 1.807) is 84.1 Å². The van der Waals surface area contributed by atoms with Crippen molar-refractivity contribution in [2.45, 2.75) is 52.7 Å². The third kappa shape index (κ3) is 7.65. The van der Waals surface area contributed by atoms with Gasteiger partial charge < -0.3 is 9.47 Å². The van der Waals surface area contributed by atoms with Gasteiger partial charge in [0.1, 0.15) is 23.3 Å². The Labute approximate surface area is 209 Å². The van der Waals surface area contributed by atoms with E-state index in [1.807, 2.05) is 0 Å². The first-order valence-corrected chi connectivity index (χ1v) is 11.2. The summed E-state index contributed by atoms with van der Waals surface area (Å²) in [7, 11) is 0. The molecule has 0 spiro atoms. The zero-order valence-electron chi connectivity index (χ0n) is 20.5. The van der Waals surface area contributed by atoms with Crippen molar-refractivity contribution in [3.8, 4) is 11.3 Å². The molecule has 2 amide bonds. The normalized spacial score (nSPS) is 11.5. The van der Waals surface area contributed by atoms with Crippen LogP contribution in [0, 0.1) is 0 Å². The van der Waals surface area contributed by atoms with Gasteiger partial charge in [-0.1, -0.05) is 17.7 Å². The maximum absolute atomic E-state index is 13.1. The van der Waals surface area contributed by atoms with Crippen LogP contribution in [0.4, 0.5) is 26.8 Å². The molecule has 0 radical (unpaired) electrons. The van der Waals surface area contributed by atoms with E-state index in [9.17, 15) is 9.59 Å². The van der Waals surface area contributed by atoms with Gasteiger partial charge >= 0.3 is 12.2 Å². The van der Waals surface area contributed by atoms with Crippen molar-refractivity contribution in [2.75, 3.05) is 10.2 Å². The maximum atomic E-state index is 13.1. The minimum absolute atomic E-state index is 0.275. The van der Waals surface area contributed by atoms with Crippen LogP contribution in [0.1, 0.15) is 41.5 Å². The highest BCUT2D eigenvalue weighted by atomic mass is 35.5. The van der Waals surface area contributed by atoms with E-state index in [4.69, 9.17) is 21.1 Å². The number of halogens is 1. The number of nitrogens with one attached hydrogen (secondary N) is 1. The molecule has 0 aliphatic carbocycles. The van der Waals surface area contributed by atoms with Gasteiger partial charge in [-0.05, 0) is 65.8 Å². The number of rotatable bonds is 4. The van der Waals surface area contributed by atoms with Crippen molar-refractivity contribution in [3.05, 3.63) is 60.1 Å². The Balaban J connectivity index is 1.96. The number of anilines is 3. The summed E-state index contributed by atoms with van der Waals surface area (Å²) >= 11 is 6.18. The van der Waals surface area contributed by atoms with Crippen molar-refractivity contribution < 1.29 is 19.1 Å². The number of aromatic nitrogens is 3. The molecule has 0 atom stereocenters. The Morgan fingerprint density at radius 2 is 1.66 bits per heavy atom. The average Bonchev–Trinajstić information content (AvgIpc) is 2.72. The number of ether oxygens (including phenoxy) is 2. The van der Waals surface area contributed by atoms with E-state index < -0.39 is 23.4 Å². The van der Waals surface area contributed by atoms with Crippen molar-refractivity contribution in [3.63, 3.8) is 0 Å². The smallest absolute Gasteiger partial charge is 0.420 e. The Hall–Kier alpha value is -3.72. The van der Waals surface area contributed by atoms with Crippen LogP contribution < -0.4 is 10.2 Å². The van der Waals surface area contributed by atoms with Gasteiger partial charge in [0.25, 0.3) is 0 Å². The minimum Gasteiger partial charge on any atom is -0.444 e. The number of hydrogen-bond acceptors (Lipinski definition) is 7. The Morgan fingerprint density at radius 1 is 0.943 bits per heavy atom. The van der Waals surface area contributed by atoms with E-state index in [0.717, 1.165) is 0 Å². The van der Waals surface area contributed by atoms with Gasteiger partial charge in [-0.3, -0.25) is 10.3 Å². The lowest BCUT2D eigenvalue weighted by Crippen LogP contribution is -2.34. The van der Waals surface area contributed by atoms with Crippen LogP contribution in [0.15, 0.2) is 55.1 Å². The van der Waals surface area contributed by atoms with Crippen LogP contribution in [0.5, 0.6) is 0 Å². The van der Waals surface area contributed by atoms with Crippen LogP contribution in [0.3, 0.4) is 0 Å². The van der Waals surface area contributed by atoms with Crippen LogP contribution in [0.2, 0.25) is 5.02 Å². The van der Waals surface area contributed by atoms with E-state index in [-0.39, 0.29) is 5.82 Å². The third-order valence-corrected chi connectivity index (χ3v) is 4.44. The molecule has 0 aliphatic heterocycles. The van der Waals surface area contributed by atoms with Crippen molar-refractivity contribution in [1.29, 1.82) is 0 Å². The minimum atomic E-state index is -0.727. The van der Waals surface area contributed by atoms with Gasteiger partial charge in [0.2, 0.25) is 0 Å². The van der Waals surface area contributed by atoms with E-state index in [0.29, 0.717) is 27.7 Å². The molecule has 3 aromatic rings. The highest BCUT2D eigenvalue weighted by Crippen LogP contribution is 2.30. The number of carbonyl (C=O) groups excluding carboxylic acids is 2. The van der Waals surface area contributed by atoms with Crippen LogP contribution in [-0.4, -0.2) is 38.3 Å². The van der Waals surface area contributed by atoms with Gasteiger partial charge in [-0.2, -0.15) is 0 Å². The molecule has 0 aliphatic rings. The first kappa shape index (κ1) is 25.9. The summed E-state index contributed by atoms with van der Waals surface area (Å²) in [6.07, 6.45) is 3.19. The van der Waals surface area contributed by atoms with Crippen LogP contribution in [-0.2, 0) is 9.47 Å². The van der Waals surface area contributed by atoms with E-state index in [1.165, 1.54) is 17.4 Å². The van der Waals surface area contributed by atoms with E-state index in [2.05, 4.69) is 20.3 Å². The monoisotopic (exact) mass is 497 g/mol. The largest absolute Gasteiger partial charge is 0.444 e. The highest BCUT2D eigenvalue weighted by molar-refractivity contribution is 6.31. The molecule has 0 saturated heterocycles. The highest BCUT2D eigenvalue weighted by Gasteiger charge is 2.26. The van der Waals surface area contributed by atoms with Crippen LogP contribution in [0.25, 0.3) is 11.3 Å². The quantitative estimate of drug-likeness (QED) is 0.432. The fourth-order valence-electron chi connectivity index (χ4n) is 2.95. The predicted octanol–water partition coefficient (Wildman–Crippen LogP) is 6.61. The van der Waals surface area contributed by atoms with Gasteiger partial charge in [0.15, 0.2) is 0 Å². The molecule has 0 unspecified atom stereocenters. The Morgan fingerprint density at radius 3 is 2.31 bits per heavy atom. The average molecular weight is 498 g/mol. The summed E-state index contributed by atoms with van der Waals surface area (Å²) in [6.45, 7) is 10.7. The maximum Gasteiger partial charge on any atom is 0.420 e. The van der Waals surface area contributed by atoms with Crippen molar-refractivity contribution in [2.24, 2.45) is 0 Å². The van der Waals surface area contributed by atoms with Gasteiger partial charge in [-0.25, -0.2) is 24.5 Å². The number of hydrogen-bond donors (Lipinski definition) is 1. The number of nitrogens with zero attached hydrogens (tertiary/aromatic N) is 4. The summed E-state index contributed by atoms with van der Waals surface area (Å²) < 4.78 is 10.9. The van der Waals surface area contributed by atoms with Crippen molar-refractivity contribution in [1.82, 2.24) is 15.0 Å². The summed E-state index contributed by atoms with van der Waals surface area (Å²) in [5, 5.41) is 3.11. The predicted molar refractivity (Wildman–Crippen MR) is 135 cm³/mol. The van der Waals surface area contributed by atoms with E-state index >= 15 is 0 Å². The Kier molecular flexibility index (Phi) is 7.60. The standard InChI is InChI=1S/C25H28ClN5O4/c1-24(2,3)34-22(32)30-18-10-16(13-27-14-18)20-12-21(29-15-28-20)31(23(33)35-25(4,5)6)19-9-7-8-17(26)11-19/h7-15H,1-6H3,(H,30,32). The fraction of sp³-hybridized carbons (Fsp3) is 0.320. The fourth-order valence-corrected chi connectivity index (χ4v) is 3.14. The topological polar surface area (TPSA) is 107 Å². The van der Waals surface area contributed by atoms with Gasteiger partial charge in [-0.15, -0.1) is 0 Å². The number of pyridine rings is 1. The first-order chi connectivity index (χ1) is 16.3. The summed E-state index contributed by atoms with van der Waals surface area (Å²) in [5.74, 6) is 0.275. The second-order valence-electron chi connectivity index (χ2n) is 9.65. The molecular formula is C25H28ClN5O4. The molecule has 0 saturated carbocycles. The molecule has 2 heterocycles. The first-order valence-electron chi connectivity index (χ1n) is 10.9. The molecule has 0 bridgehead atoms. The zero-order valence-corrected chi connectivity index (χ0v) is 21.3. The molecule has 1 aromatic carbocycles. The third-order valence-electron chi connectivity index (χ3n) is 4.20. The molecule has 35 heavy (non-hydrogen) atoms. The molecule has 9 nitrogen and oxygen atoms in total. The molecule has 2 aromatic heterocycles. The van der Waals surface area contributed by atoms with Crippen LogP contribution >= 0.6 is 11.6 Å². The lowest BCUT2D eigenvalue weighted by molar-refractivity contribution is 0.0595. The van der Waals surface area contributed by atoms with Gasteiger partial charge in [0.05, 0.1) is 23.3 Å². The molecular weight excluding hydrogens is 470 g/mol. The van der Waals surface area contributed by atoms with Gasteiger partial charge in [0, 0.05) is 22.8 Å². The zero-order chi connectivity index (χ0) is 25.8. The van der Waals surface area contributed by atoms with Crippen molar-refractivity contribution >= 4 is 41.0 Å². The number of benzene rings is 1. The lowest BCUT2D eigenvalue weighted by atomic mass is 10.2. The summed E-state index contributed by atoms with van der Waals surface area (Å²) in [5.41, 5.74) is 0.617. The second kappa shape index (κ2) is 10.3. The lowest BCUT2D eigenvalue weighted by Gasteiger charge is -2.27. The number of amides is 2. The Bertz CT molecular complexity index is 1220. The molecule has 1 N–H and O–H groups in total. The molecule has 184 valence electrons. The number of carbonyl (C=O) groups is 2.